The van der Waals surface area contributed by atoms with E-state index < -0.39 is 15.5 Å². The van der Waals surface area contributed by atoms with Crippen molar-refractivity contribution < 1.29 is 39.1 Å². The summed E-state index contributed by atoms with van der Waals surface area (Å²) in [7, 11) is 0. The van der Waals surface area contributed by atoms with Gasteiger partial charge in [0.1, 0.15) is 34.2 Å². The summed E-state index contributed by atoms with van der Waals surface area (Å²) in [5.74, 6) is 0.458. The lowest BCUT2D eigenvalue weighted by Crippen LogP contribution is -2.43. The third-order valence-corrected chi connectivity index (χ3v) is 11.1. The molecule has 0 bridgehead atoms. The van der Waals surface area contributed by atoms with Crippen LogP contribution >= 0.6 is 23.5 Å². The maximum Gasteiger partial charge on any atom is 0.322 e. The molecule has 0 saturated heterocycles. The molecule has 2 aromatic carbocycles. The summed E-state index contributed by atoms with van der Waals surface area (Å²) < 4.78 is 15.0. The maximum absolute atomic E-state index is 12.4. The molecular weight excluding hydrogens is 629 g/mol. The average Bonchev–Trinajstić information content (AvgIpc) is 3.02. The van der Waals surface area contributed by atoms with Crippen LogP contribution in [0.1, 0.15) is 45.4 Å². The molecule has 2 fully saturated rings. The van der Waals surface area contributed by atoms with Crippen molar-refractivity contribution in [2.75, 3.05) is 33.0 Å². The second-order valence-corrected chi connectivity index (χ2v) is 13.9. The quantitative estimate of drug-likeness (QED) is 0.146. The van der Waals surface area contributed by atoms with Crippen LogP contribution in [0.25, 0.3) is 21.8 Å². The van der Waals surface area contributed by atoms with Gasteiger partial charge in [0.15, 0.2) is 0 Å². The van der Waals surface area contributed by atoms with Crippen LogP contribution in [-0.2, 0) is 14.3 Å². The van der Waals surface area contributed by atoms with Crippen LogP contribution < -0.4 is 9.47 Å². The van der Waals surface area contributed by atoms with Gasteiger partial charge in [-0.1, -0.05) is 0 Å². The van der Waals surface area contributed by atoms with Gasteiger partial charge in [0.2, 0.25) is 0 Å². The fraction of sp³-hybridized carbons (Fsp3) is 0.412. The molecule has 0 unspecified atom stereocenters. The van der Waals surface area contributed by atoms with E-state index in [1.54, 1.807) is 30.2 Å². The molecule has 2 heterocycles. The van der Waals surface area contributed by atoms with Gasteiger partial charge in [0.25, 0.3) is 0 Å². The normalized spacial score (nSPS) is 16.0. The van der Waals surface area contributed by atoms with Crippen molar-refractivity contribution in [1.29, 1.82) is 0 Å². The summed E-state index contributed by atoms with van der Waals surface area (Å²) >= 11 is 2.97. The van der Waals surface area contributed by atoms with E-state index in [2.05, 4.69) is 9.97 Å². The Morgan fingerprint density at radius 1 is 0.761 bits per heavy atom. The molecule has 0 aliphatic heterocycles. The number of aliphatic carboxylic acids is 1. The molecule has 12 heteroatoms. The topological polar surface area (TPSA) is 148 Å². The SMILES string of the molecule is CCOC(=O)C1(Sc2ccnc3ccc(OCCO)cc23)CCC1.O=C(O)C1(Sc2ccnc3ccc(OCCO)cc23)CCC1. The van der Waals surface area contributed by atoms with E-state index >= 15 is 0 Å². The Labute approximate surface area is 275 Å². The fourth-order valence-corrected chi connectivity index (χ4v) is 8.13. The van der Waals surface area contributed by atoms with Gasteiger partial charge >= 0.3 is 11.9 Å². The largest absolute Gasteiger partial charge is 0.491 e. The van der Waals surface area contributed by atoms with Crippen molar-refractivity contribution in [3.05, 3.63) is 60.9 Å². The Morgan fingerprint density at radius 3 is 1.63 bits per heavy atom. The first-order valence-electron chi connectivity index (χ1n) is 15.4. The number of esters is 1. The first kappa shape index (κ1) is 33.8. The molecule has 2 aliphatic rings. The smallest absolute Gasteiger partial charge is 0.322 e. The highest BCUT2D eigenvalue weighted by molar-refractivity contribution is 8.02. The number of carboxylic acids is 1. The molecular formula is C34H38N2O8S2. The molecule has 0 radical (unpaired) electrons. The number of hydrogen-bond donors (Lipinski definition) is 3. The molecule has 46 heavy (non-hydrogen) atoms. The number of rotatable bonds is 13. The standard InChI is InChI=1S/C18H21NO4S.C16H17NO4S/c1-2-22-17(21)18(7-3-8-18)24-16-6-9-19-15-5-4-13(12-14(15)16)23-11-10-20;18-8-9-21-11-2-3-13-12(10-11)14(4-7-17-13)22-16(15(19)20)5-1-6-16/h4-6,9,12,20H,2-3,7-8,10-11H2,1H3;2-4,7,10,18H,1,5-6,8-9H2,(H,19,20). The summed E-state index contributed by atoms with van der Waals surface area (Å²) in [4.78, 5) is 34.6. The number of nitrogens with zero attached hydrogens (tertiary/aromatic N) is 2. The summed E-state index contributed by atoms with van der Waals surface area (Å²) in [5, 5.41) is 29.1. The van der Waals surface area contributed by atoms with E-state index in [-0.39, 0.29) is 32.4 Å². The van der Waals surface area contributed by atoms with Gasteiger partial charge in [-0.15, -0.1) is 23.5 Å². The molecule has 0 atom stereocenters. The molecule has 0 amide bonds. The summed E-state index contributed by atoms with van der Waals surface area (Å²) in [5.41, 5.74) is 1.66. The van der Waals surface area contributed by atoms with E-state index in [1.165, 1.54) is 11.8 Å². The number of carboxylic acid groups (broad SMARTS) is 1. The van der Waals surface area contributed by atoms with Crippen LogP contribution in [0.5, 0.6) is 11.5 Å². The minimum atomic E-state index is -0.749. The summed E-state index contributed by atoms with van der Waals surface area (Å²) in [6, 6.07) is 14.9. The van der Waals surface area contributed by atoms with Gasteiger partial charge in [0, 0.05) is 33.0 Å². The number of ether oxygens (including phenoxy) is 3. The van der Waals surface area contributed by atoms with Crippen LogP contribution in [0.15, 0.2) is 70.7 Å². The lowest BCUT2D eigenvalue weighted by atomic mass is 9.84. The van der Waals surface area contributed by atoms with E-state index in [0.717, 1.165) is 57.3 Å². The Hall–Kier alpha value is -3.58. The van der Waals surface area contributed by atoms with Crippen molar-refractivity contribution >= 4 is 57.3 Å². The van der Waals surface area contributed by atoms with Gasteiger partial charge in [-0.2, -0.15) is 0 Å². The van der Waals surface area contributed by atoms with Crippen molar-refractivity contribution in [1.82, 2.24) is 9.97 Å². The van der Waals surface area contributed by atoms with Gasteiger partial charge in [-0.3, -0.25) is 19.6 Å². The number of aliphatic hydroxyl groups is 2. The highest BCUT2D eigenvalue weighted by Crippen LogP contribution is 2.51. The van der Waals surface area contributed by atoms with E-state index in [9.17, 15) is 14.7 Å². The van der Waals surface area contributed by atoms with Gasteiger partial charge in [-0.25, -0.2) is 0 Å². The highest BCUT2D eigenvalue weighted by atomic mass is 32.2. The van der Waals surface area contributed by atoms with E-state index in [0.29, 0.717) is 30.9 Å². The predicted octanol–water partition coefficient (Wildman–Crippen LogP) is 5.89. The number of carbonyl (C=O) groups is 2. The maximum atomic E-state index is 12.4. The molecule has 6 rings (SSSR count). The highest BCUT2D eigenvalue weighted by Gasteiger charge is 2.47. The number of fused-ring (bicyclic) bond motifs is 2. The number of hydrogen-bond acceptors (Lipinski definition) is 11. The second-order valence-electron chi connectivity index (χ2n) is 11.0. The van der Waals surface area contributed by atoms with Crippen LogP contribution in [-0.4, -0.2) is 79.8 Å². The summed E-state index contributed by atoms with van der Waals surface area (Å²) in [6.45, 7) is 2.64. The molecule has 0 spiro atoms. The molecule has 4 aromatic rings. The number of aliphatic hydroxyl groups excluding tert-OH is 2. The zero-order valence-corrected chi connectivity index (χ0v) is 27.3. The third-order valence-electron chi connectivity index (χ3n) is 8.04. The first-order valence-corrected chi connectivity index (χ1v) is 17.0. The van der Waals surface area contributed by atoms with Crippen molar-refractivity contribution in [3.8, 4) is 11.5 Å². The number of benzene rings is 2. The monoisotopic (exact) mass is 666 g/mol. The van der Waals surface area contributed by atoms with Crippen molar-refractivity contribution in [2.45, 2.75) is 64.7 Å². The number of aromatic nitrogens is 2. The lowest BCUT2D eigenvalue weighted by Gasteiger charge is -2.38. The molecule has 2 aromatic heterocycles. The molecule has 2 saturated carbocycles. The van der Waals surface area contributed by atoms with Crippen LogP contribution in [0.2, 0.25) is 0 Å². The Kier molecular flexibility index (Phi) is 11.3. The molecule has 10 nitrogen and oxygen atoms in total. The van der Waals surface area contributed by atoms with Crippen molar-refractivity contribution in [3.63, 3.8) is 0 Å². The van der Waals surface area contributed by atoms with Gasteiger partial charge in [0.05, 0.1) is 30.9 Å². The average molecular weight is 667 g/mol. The first-order chi connectivity index (χ1) is 22.3. The summed E-state index contributed by atoms with van der Waals surface area (Å²) in [6.07, 6.45) is 8.51. The fourth-order valence-electron chi connectivity index (χ4n) is 5.27. The second kappa shape index (κ2) is 15.3. The Morgan fingerprint density at radius 2 is 1.24 bits per heavy atom. The molecule has 2 aliphatic carbocycles. The minimum Gasteiger partial charge on any atom is -0.491 e. The van der Waals surface area contributed by atoms with Crippen LogP contribution in [0.3, 0.4) is 0 Å². The number of pyridine rings is 2. The predicted molar refractivity (Wildman–Crippen MR) is 178 cm³/mol. The van der Waals surface area contributed by atoms with E-state index in [4.69, 9.17) is 24.4 Å². The Balaban J connectivity index is 0.000000182. The lowest BCUT2D eigenvalue weighted by molar-refractivity contribution is -0.148. The zero-order chi connectivity index (χ0) is 32.6. The number of carbonyl (C=O) groups excluding carboxylic acids is 1. The van der Waals surface area contributed by atoms with Gasteiger partial charge in [-0.05, 0) is 94.0 Å². The number of thioether (sulfide) groups is 2. The third kappa shape index (κ3) is 7.52. The minimum absolute atomic E-state index is 0.0291. The van der Waals surface area contributed by atoms with Crippen LogP contribution in [0.4, 0.5) is 0 Å². The zero-order valence-electron chi connectivity index (χ0n) is 25.6. The van der Waals surface area contributed by atoms with Gasteiger partial charge < -0.3 is 29.5 Å². The van der Waals surface area contributed by atoms with Crippen molar-refractivity contribution in [2.24, 2.45) is 0 Å². The molecule has 3 N–H and O–H groups in total. The Bertz CT molecular complexity index is 1680. The van der Waals surface area contributed by atoms with E-state index in [1.807, 2.05) is 49.4 Å². The molecule has 244 valence electrons. The van der Waals surface area contributed by atoms with Crippen LogP contribution in [0, 0.1) is 0 Å².